The molecule has 1 aliphatic heterocycles. The van der Waals surface area contributed by atoms with E-state index in [2.05, 4.69) is 29.5 Å². The average molecular weight is 266 g/mol. The molecular weight excluding hydrogens is 244 g/mol. The number of hydrogen-bond donors (Lipinski definition) is 2. The smallest absolute Gasteiger partial charge is 0.229 e. The fraction of sp³-hybridized carbons (Fsp3) is 0.692. The normalized spacial score (nSPS) is 15.5. The molecule has 0 atom stereocenters. The van der Waals surface area contributed by atoms with E-state index in [-0.39, 0.29) is 12.0 Å². The van der Waals surface area contributed by atoms with Crippen molar-refractivity contribution in [1.29, 1.82) is 0 Å². The molecule has 1 aromatic rings. The number of aromatic nitrogens is 2. The third kappa shape index (κ3) is 4.33. The second kappa shape index (κ2) is 6.68. The molecule has 0 aromatic carbocycles. The molecule has 19 heavy (non-hydrogen) atoms. The van der Waals surface area contributed by atoms with Gasteiger partial charge in [0.1, 0.15) is 0 Å². The lowest BCUT2D eigenvalue weighted by Crippen LogP contribution is -2.48. The van der Waals surface area contributed by atoms with E-state index in [1.165, 1.54) is 0 Å². The maximum atomic E-state index is 11.8. The SMILES string of the molecule is CC(C)Cn1ccnc1NC(=O)CCOC1CNC1. The first-order valence-corrected chi connectivity index (χ1v) is 6.78. The molecule has 106 valence electrons. The van der Waals surface area contributed by atoms with Crippen molar-refractivity contribution in [3.63, 3.8) is 0 Å². The van der Waals surface area contributed by atoms with Crippen LogP contribution >= 0.6 is 0 Å². The summed E-state index contributed by atoms with van der Waals surface area (Å²) in [7, 11) is 0. The standard InChI is InChI=1S/C13H22N4O2/c1-10(2)9-17-5-4-15-13(17)16-12(18)3-6-19-11-7-14-8-11/h4-5,10-11,14H,3,6-9H2,1-2H3,(H,15,16,18). The zero-order valence-electron chi connectivity index (χ0n) is 11.6. The predicted molar refractivity (Wildman–Crippen MR) is 72.9 cm³/mol. The molecule has 1 amide bonds. The highest BCUT2D eigenvalue weighted by Gasteiger charge is 2.17. The second-order valence-corrected chi connectivity index (χ2v) is 5.25. The van der Waals surface area contributed by atoms with E-state index in [9.17, 15) is 4.79 Å². The first-order valence-electron chi connectivity index (χ1n) is 6.78. The summed E-state index contributed by atoms with van der Waals surface area (Å²) < 4.78 is 7.47. The van der Waals surface area contributed by atoms with Crippen LogP contribution in [-0.4, -0.2) is 41.3 Å². The predicted octanol–water partition coefficient (Wildman–Crippen LogP) is 0.856. The van der Waals surface area contributed by atoms with E-state index in [1.807, 2.05) is 10.8 Å². The summed E-state index contributed by atoms with van der Waals surface area (Å²) in [5, 5.41) is 5.95. The molecule has 0 aliphatic carbocycles. The fourth-order valence-electron chi connectivity index (χ4n) is 1.86. The van der Waals surface area contributed by atoms with Crippen LogP contribution in [0.2, 0.25) is 0 Å². The Kier molecular flexibility index (Phi) is 4.93. The van der Waals surface area contributed by atoms with Gasteiger partial charge in [-0.3, -0.25) is 10.1 Å². The van der Waals surface area contributed by atoms with Crippen LogP contribution in [-0.2, 0) is 16.1 Å². The molecule has 2 heterocycles. The number of anilines is 1. The molecule has 0 spiro atoms. The van der Waals surface area contributed by atoms with Crippen LogP contribution in [0.4, 0.5) is 5.95 Å². The number of ether oxygens (including phenoxy) is 1. The minimum Gasteiger partial charge on any atom is -0.375 e. The van der Waals surface area contributed by atoms with Crippen LogP contribution in [0.3, 0.4) is 0 Å². The van der Waals surface area contributed by atoms with Gasteiger partial charge in [0.25, 0.3) is 0 Å². The van der Waals surface area contributed by atoms with Crippen molar-refractivity contribution >= 4 is 11.9 Å². The van der Waals surface area contributed by atoms with Crippen molar-refractivity contribution in [3.8, 4) is 0 Å². The van der Waals surface area contributed by atoms with Crippen molar-refractivity contribution in [2.75, 3.05) is 25.0 Å². The van der Waals surface area contributed by atoms with Gasteiger partial charge in [-0.2, -0.15) is 0 Å². The van der Waals surface area contributed by atoms with Crippen molar-refractivity contribution in [1.82, 2.24) is 14.9 Å². The van der Waals surface area contributed by atoms with E-state index in [4.69, 9.17) is 4.74 Å². The quantitative estimate of drug-likeness (QED) is 0.768. The van der Waals surface area contributed by atoms with Gasteiger partial charge in [-0.25, -0.2) is 4.98 Å². The third-order valence-corrected chi connectivity index (χ3v) is 2.96. The lowest BCUT2D eigenvalue weighted by Gasteiger charge is -2.26. The van der Waals surface area contributed by atoms with Gasteiger partial charge in [-0.05, 0) is 5.92 Å². The Balaban J connectivity index is 1.73. The number of rotatable bonds is 7. The first-order chi connectivity index (χ1) is 9.15. The summed E-state index contributed by atoms with van der Waals surface area (Å²) in [6.45, 7) is 7.35. The molecule has 1 aromatic heterocycles. The Labute approximate surface area is 113 Å². The van der Waals surface area contributed by atoms with Gasteiger partial charge in [0.05, 0.1) is 19.1 Å². The molecule has 2 N–H and O–H groups in total. The molecule has 0 saturated carbocycles. The first kappa shape index (κ1) is 14.0. The van der Waals surface area contributed by atoms with Crippen LogP contribution in [0.1, 0.15) is 20.3 Å². The van der Waals surface area contributed by atoms with Crippen molar-refractivity contribution in [2.45, 2.75) is 32.9 Å². The molecule has 1 fully saturated rings. The second-order valence-electron chi connectivity index (χ2n) is 5.25. The highest BCUT2D eigenvalue weighted by Crippen LogP contribution is 2.08. The van der Waals surface area contributed by atoms with E-state index in [0.29, 0.717) is 24.9 Å². The molecule has 2 rings (SSSR count). The van der Waals surface area contributed by atoms with Crippen molar-refractivity contribution in [3.05, 3.63) is 12.4 Å². The van der Waals surface area contributed by atoms with E-state index < -0.39 is 0 Å². The number of nitrogens with one attached hydrogen (secondary N) is 2. The van der Waals surface area contributed by atoms with E-state index in [0.717, 1.165) is 19.6 Å². The number of hydrogen-bond acceptors (Lipinski definition) is 4. The van der Waals surface area contributed by atoms with E-state index in [1.54, 1.807) is 6.20 Å². The summed E-state index contributed by atoms with van der Waals surface area (Å²) in [4.78, 5) is 15.9. The Morgan fingerprint density at radius 2 is 2.42 bits per heavy atom. The van der Waals surface area contributed by atoms with Crippen LogP contribution in [0, 0.1) is 5.92 Å². The lowest BCUT2D eigenvalue weighted by molar-refractivity contribution is -0.118. The van der Waals surface area contributed by atoms with Gasteiger partial charge in [0.2, 0.25) is 11.9 Å². The minimum atomic E-state index is -0.0523. The fourth-order valence-corrected chi connectivity index (χ4v) is 1.86. The zero-order chi connectivity index (χ0) is 13.7. The minimum absolute atomic E-state index is 0.0523. The molecule has 0 radical (unpaired) electrons. The molecule has 1 saturated heterocycles. The topological polar surface area (TPSA) is 68.2 Å². The highest BCUT2D eigenvalue weighted by atomic mass is 16.5. The van der Waals surface area contributed by atoms with Gasteiger partial charge in [-0.15, -0.1) is 0 Å². The number of carbonyl (C=O) groups excluding carboxylic acids is 1. The van der Waals surface area contributed by atoms with Crippen molar-refractivity contribution < 1.29 is 9.53 Å². The van der Waals surface area contributed by atoms with Gasteiger partial charge in [0.15, 0.2) is 0 Å². The maximum absolute atomic E-state index is 11.8. The molecule has 6 nitrogen and oxygen atoms in total. The molecule has 1 aliphatic rings. The van der Waals surface area contributed by atoms with Crippen LogP contribution in [0.15, 0.2) is 12.4 Å². The zero-order valence-corrected chi connectivity index (χ0v) is 11.6. The number of imidazole rings is 1. The van der Waals surface area contributed by atoms with Gasteiger partial charge >= 0.3 is 0 Å². The number of nitrogens with zero attached hydrogens (tertiary/aromatic N) is 2. The largest absolute Gasteiger partial charge is 0.375 e. The van der Waals surface area contributed by atoms with Gasteiger partial charge in [-0.1, -0.05) is 13.8 Å². The Hall–Kier alpha value is -1.40. The Morgan fingerprint density at radius 3 is 3.05 bits per heavy atom. The summed E-state index contributed by atoms with van der Waals surface area (Å²) >= 11 is 0. The molecule has 0 unspecified atom stereocenters. The van der Waals surface area contributed by atoms with Gasteiger partial charge < -0.3 is 14.6 Å². The van der Waals surface area contributed by atoms with Crippen LogP contribution < -0.4 is 10.6 Å². The molecular formula is C13H22N4O2. The number of carbonyl (C=O) groups is 1. The maximum Gasteiger partial charge on any atom is 0.229 e. The lowest BCUT2D eigenvalue weighted by atomic mass is 10.2. The summed E-state index contributed by atoms with van der Waals surface area (Å²) in [6, 6.07) is 0. The summed E-state index contributed by atoms with van der Waals surface area (Å²) in [6.07, 6.45) is 4.22. The summed E-state index contributed by atoms with van der Waals surface area (Å²) in [5.41, 5.74) is 0. The highest BCUT2D eigenvalue weighted by molar-refractivity contribution is 5.89. The van der Waals surface area contributed by atoms with Gasteiger partial charge in [0, 0.05) is 32.0 Å². The molecule has 6 heteroatoms. The molecule has 0 bridgehead atoms. The average Bonchev–Trinajstić information content (AvgIpc) is 2.68. The Bertz CT molecular complexity index is 413. The third-order valence-electron chi connectivity index (χ3n) is 2.96. The van der Waals surface area contributed by atoms with E-state index >= 15 is 0 Å². The van der Waals surface area contributed by atoms with Crippen LogP contribution in [0.25, 0.3) is 0 Å². The number of amides is 1. The van der Waals surface area contributed by atoms with Crippen molar-refractivity contribution in [2.24, 2.45) is 5.92 Å². The van der Waals surface area contributed by atoms with Crippen LogP contribution in [0.5, 0.6) is 0 Å². The monoisotopic (exact) mass is 266 g/mol. The Morgan fingerprint density at radius 1 is 1.63 bits per heavy atom. The summed E-state index contributed by atoms with van der Waals surface area (Å²) in [5.74, 6) is 1.08.